The van der Waals surface area contributed by atoms with Gasteiger partial charge in [-0.1, -0.05) is 44.2 Å². The fourth-order valence-electron chi connectivity index (χ4n) is 1.85. The third-order valence-corrected chi connectivity index (χ3v) is 3.12. The Kier molecular flexibility index (Phi) is 5.92. The van der Waals surface area contributed by atoms with E-state index in [1.807, 2.05) is 27.0 Å². The molecule has 2 heteroatoms. The Morgan fingerprint density at radius 2 is 1.88 bits per heavy atom. The highest BCUT2D eigenvalue weighted by atomic mass is 16.1. The summed E-state index contributed by atoms with van der Waals surface area (Å²) in [6.07, 6.45) is 2.58. The number of rotatable bonds is 7. The quantitative estimate of drug-likeness (QED) is 0.784. The minimum absolute atomic E-state index is 0.157. The van der Waals surface area contributed by atoms with Gasteiger partial charge in [0.2, 0.25) is 0 Å². The summed E-state index contributed by atoms with van der Waals surface area (Å²) in [5.74, 6) is 0.516. The number of nitrogens with one attached hydrogen (secondary N) is 1. The number of benzene rings is 1. The molecule has 1 aromatic carbocycles. The van der Waals surface area contributed by atoms with Crippen molar-refractivity contribution in [3.05, 3.63) is 35.9 Å². The third-order valence-electron chi connectivity index (χ3n) is 3.12. The maximum Gasteiger partial charge on any atom is 0.135 e. The van der Waals surface area contributed by atoms with E-state index in [9.17, 15) is 4.79 Å². The van der Waals surface area contributed by atoms with Gasteiger partial charge in [-0.25, -0.2) is 0 Å². The Morgan fingerprint density at radius 3 is 2.41 bits per heavy atom. The average molecular weight is 233 g/mol. The summed E-state index contributed by atoms with van der Waals surface area (Å²) in [4.78, 5) is 11.6. The number of Topliss-reactive ketones (excluding diaryl/α,β-unsaturated/α-hetero) is 1. The van der Waals surface area contributed by atoms with Crippen LogP contribution in [0.15, 0.2) is 30.3 Å². The van der Waals surface area contributed by atoms with Gasteiger partial charge < -0.3 is 5.32 Å². The first kappa shape index (κ1) is 13.9. The van der Waals surface area contributed by atoms with Crippen LogP contribution in [0.4, 0.5) is 0 Å². The number of likely N-dealkylation sites (N-methyl/N-ethyl adjacent to an activating group) is 1. The molecule has 0 amide bonds. The van der Waals surface area contributed by atoms with Crippen LogP contribution in [-0.2, 0) is 11.2 Å². The number of carbonyl (C=O) groups is 1. The lowest BCUT2D eigenvalue weighted by Crippen LogP contribution is -2.28. The maximum atomic E-state index is 11.6. The number of ketones is 1. The van der Waals surface area contributed by atoms with E-state index in [0.29, 0.717) is 18.2 Å². The van der Waals surface area contributed by atoms with E-state index in [1.165, 1.54) is 5.56 Å². The van der Waals surface area contributed by atoms with Gasteiger partial charge in [0, 0.05) is 18.4 Å². The second kappa shape index (κ2) is 7.23. The van der Waals surface area contributed by atoms with Crippen molar-refractivity contribution in [2.45, 2.75) is 39.2 Å². The summed E-state index contributed by atoms with van der Waals surface area (Å²) in [6.45, 7) is 3.93. The van der Waals surface area contributed by atoms with Crippen LogP contribution >= 0.6 is 0 Å². The molecule has 0 spiro atoms. The summed E-state index contributed by atoms with van der Waals surface area (Å²) in [5.41, 5.74) is 1.32. The van der Waals surface area contributed by atoms with Crippen molar-refractivity contribution < 1.29 is 4.79 Å². The van der Waals surface area contributed by atoms with Crippen molar-refractivity contribution in [1.82, 2.24) is 5.32 Å². The van der Waals surface area contributed by atoms with Crippen molar-refractivity contribution in [3.63, 3.8) is 0 Å². The van der Waals surface area contributed by atoms with Gasteiger partial charge in [0.1, 0.15) is 5.78 Å². The van der Waals surface area contributed by atoms with Crippen molar-refractivity contribution in [2.24, 2.45) is 5.92 Å². The fourth-order valence-corrected chi connectivity index (χ4v) is 1.85. The average Bonchev–Trinajstić information content (AvgIpc) is 2.35. The smallest absolute Gasteiger partial charge is 0.135 e. The number of carbonyl (C=O) groups excluding carboxylic acids is 1. The molecule has 17 heavy (non-hydrogen) atoms. The van der Waals surface area contributed by atoms with E-state index in [1.54, 1.807) is 0 Å². The van der Waals surface area contributed by atoms with Gasteiger partial charge >= 0.3 is 0 Å². The molecule has 0 aliphatic rings. The largest absolute Gasteiger partial charge is 0.317 e. The molecule has 0 aliphatic heterocycles. The summed E-state index contributed by atoms with van der Waals surface area (Å²) < 4.78 is 0. The van der Waals surface area contributed by atoms with Crippen molar-refractivity contribution >= 4 is 5.78 Å². The molecule has 1 N–H and O–H groups in total. The molecule has 1 atom stereocenters. The molecule has 0 radical (unpaired) electrons. The molecule has 0 fully saturated rings. The molecule has 0 aromatic heterocycles. The molecule has 1 rings (SSSR count). The number of hydrogen-bond acceptors (Lipinski definition) is 2. The zero-order valence-corrected chi connectivity index (χ0v) is 11.1. The van der Waals surface area contributed by atoms with Crippen molar-refractivity contribution in [1.29, 1.82) is 0 Å². The van der Waals surface area contributed by atoms with E-state index in [0.717, 1.165) is 12.8 Å². The second-order valence-electron chi connectivity index (χ2n) is 4.84. The monoisotopic (exact) mass is 233 g/mol. The minimum atomic E-state index is 0.157. The van der Waals surface area contributed by atoms with Crippen LogP contribution in [0.3, 0.4) is 0 Å². The van der Waals surface area contributed by atoms with Gasteiger partial charge in [-0.2, -0.15) is 0 Å². The molecule has 0 heterocycles. The highest BCUT2D eigenvalue weighted by Gasteiger charge is 2.12. The Bertz CT molecular complexity index is 332. The van der Waals surface area contributed by atoms with Crippen molar-refractivity contribution in [2.75, 3.05) is 7.05 Å². The standard InChI is InChI=1S/C15H23NO/c1-12(2)15(17)10-9-14(16-3)11-13-7-5-4-6-8-13/h4-8,12,14,16H,9-11H2,1-3H3. The third kappa shape index (κ3) is 5.14. The SMILES string of the molecule is CNC(CCC(=O)C(C)C)Cc1ccccc1. The molecule has 2 nitrogen and oxygen atoms in total. The first-order chi connectivity index (χ1) is 8.13. The van der Waals surface area contributed by atoms with Crippen LogP contribution in [0, 0.1) is 5.92 Å². The fraction of sp³-hybridized carbons (Fsp3) is 0.533. The van der Waals surface area contributed by atoms with E-state index < -0.39 is 0 Å². The van der Waals surface area contributed by atoms with Crippen LogP contribution in [0.5, 0.6) is 0 Å². The van der Waals surface area contributed by atoms with E-state index in [4.69, 9.17) is 0 Å². The Balaban J connectivity index is 2.42. The van der Waals surface area contributed by atoms with Gasteiger partial charge in [-0.3, -0.25) is 4.79 Å². The molecular weight excluding hydrogens is 210 g/mol. The summed E-state index contributed by atoms with van der Waals surface area (Å²) in [7, 11) is 1.97. The zero-order chi connectivity index (χ0) is 12.7. The van der Waals surface area contributed by atoms with Gasteiger partial charge in [0.25, 0.3) is 0 Å². The molecule has 1 unspecified atom stereocenters. The predicted octanol–water partition coefficient (Wildman–Crippen LogP) is 2.82. The van der Waals surface area contributed by atoms with Crippen LogP contribution < -0.4 is 5.32 Å². The number of hydrogen-bond donors (Lipinski definition) is 1. The molecule has 0 aliphatic carbocycles. The lowest BCUT2D eigenvalue weighted by atomic mass is 9.97. The first-order valence-corrected chi connectivity index (χ1v) is 6.37. The predicted molar refractivity (Wildman–Crippen MR) is 72.1 cm³/mol. The molecule has 0 bridgehead atoms. The lowest BCUT2D eigenvalue weighted by molar-refractivity contribution is -0.122. The van der Waals surface area contributed by atoms with Crippen LogP contribution in [0.1, 0.15) is 32.3 Å². The molecule has 0 saturated heterocycles. The lowest BCUT2D eigenvalue weighted by Gasteiger charge is -2.16. The molecular formula is C15H23NO. The highest BCUT2D eigenvalue weighted by Crippen LogP contribution is 2.09. The zero-order valence-electron chi connectivity index (χ0n) is 11.1. The highest BCUT2D eigenvalue weighted by molar-refractivity contribution is 5.80. The summed E-state index contributed by atoms with van der Waals surface area (Å²) in [5, 5.41) is 3.29. The van der Waals surface area contributed by atoms with Gasteiger partial charge in [0.05, 0.1) is 0 Å². The van der Waals surface area contributed by atoms with E-state index >= 15 is 0 Å². The summed E-state index contributed by atoms with van der Waals surface area (Å²) >= 11 is 0. The Labute approximate surface area is 104 Å². The van der Waals surface area contributed by atoms with Crippen LogP contribution in [-0.4, -0.2) is 18.9 Å². The first-order valence-electron chi connectivity index (χ1n) is 6.37. The van der Waals surface area contributed by atoms with E-state index in [-0.39, 0.29) is 5.92 Å². The van der Waals surface area contributed by atoms with Crippen LogP contribution in [0.25, 0.3) is 0 Å². The minimum Gasteiger partial charge on any atom is -0.317 e. The maximum absolute atomic E-state index is 11.6. The molecule has 0 saturated carbocycles. The second-order valence-corrected chi connectivity index (χ2v) is 4.84. The Hall–Kier alpha value is -1.15. The van der Waals surface area contributed by atoms with Gasteiger partial charge in [-0.05, 0) is 25.5 Å². The molecule has 1 aromatic rings. The topological polar surface area (TPSA) is 29.1 Å². The Morgan fingerprint density at radius 1 is 1.24 bits per heavy atom. The normalized spacial score (nSPS) is 12.7. The summed E-state index contributed by atoms with van der Waals surface area (Å²) in [6, 6.07) is 10.8. The van der Waals surface area contributed by atoms with E-state index in [2.05, 4.69) is 29.6 Å². The van der Waals surface area contributed by atoms with Gasteiger partial charge in [-0.15, -0.1) is 0 Å². The van der Waals surface area contributed by atoms with Crippen LogP contribution in [0.2, 0.25) is 0 Å². The van der Waals surface area contributed by atoms with Crippen molar-refractivity contribution in [3.8, 4) is 0 Å². The van der Waals surface area contributed by atoms with Gasteiger partial charge in [0.15, 0.2) is 0 Å². The molecule has 94 valence electrons.